The van der Waals surface area contributed by atoms with E-state index in [0.29, 0.717) is 0 Å². The number of ether oxygens (including phenoxy) is 1. The van der Waals surface area contributed by atoms with E-state index in [-0.39, 0.29) is 6.04 Å². The first-order valence-corrected chi connectivity index (χ1v) is 7.94. The fraction of sp³-hybridized carbons (Fsp3) is 0.588. The summed E-state index contributed by atoms with van der Waals surface area (Å²) in [6.07, 6.45) is 0. The third-order valence-electron chi connectivity index (χ3n) is 3.43. The monoisotopic (exact) mass is 306 g/mol. The van der Waals surface area contributed by atoms with E-state index in [2.05, 4.69) is 65.7 Å². The Balaban J connectivity index is 2.48. The van der Waals surface area contributed by atoms with Crippen molar-refractivity contribution in [3.05, 3.63) is 35.9 Å². The van der Waals surface area contributed by atoms with Crippen molar-refractivity contribution in [1.29, 1.82) is 0 Å². The summed E-state index contributed by atoms with van der Waals surface area (Å²) >= 11 is 0. The Morgan fingerprint density at radius 1 is 1.27 bits per heavy atom. The van der Waals surface area contributed by atoms with Crippen LogP contribution in [0.1, 0.15) is 25.5 Å². The summed E-state index contributed by atoms with van der Waals surface area (Å²) in [6, 6.07) is 10.6. The highest BCUT2D eigenvalue weighted by molar-refractivity contribution is 5.80. The van der Waals surface area contributed by atoms with Crippen molar-refractivity contribution in [3.63, 3.8) is 0 Å². The van der Waals surface area contributed by atoms with E-state index in [1.807, 2.05) is 6.07 Å². The molecule has 0 radical (unpaired) electrons. The molecule has 0 amide bonds. The molecule has 1 aromatic carbocycles. The molecule has 0 aliphatic heterocycles. The van der Waals surface area contributed by atoms with Gasteiger partial charge in [0.1, 0.15) is 0 Å². The summed E-state index contributed by atoms with van der Waals surface area (Å²) in [5, 5.41) is 6.74. The topological polar surface area (TPSA) is 48.9 Å². The Labute approximate surface area is 134 Å². The molecule has 0 aliphatic carbocycles. The van der Waals surface area contributed by atoms with Crippen molar-refractivity contribution in [2.24, 2.45) is 4.99 Å². The molecule has 0 heterocycles. The molecule has 2 N–H and O–H groups in total. The van der Waals surface area contributed by atoms with Gasteiger partial charge in [-0.15, -0.1) is 0 Å². The number of nitrogens with one attached hydrogen (secondary N) is 2. The van der Waals surface area contributed by atoms with Crippen molar-refractivity contribution >= 4 is 5.96 Å². The van der Waals surface area contributed by atoms with Crippen LogP contribution < -0.4 is 10.6 Å². The minimum Gasteiger partial charge on any atom is -0.383 e. The highest BCUT2D eigenvalue weighted by Gasteiger charge is 2.07. The first-order valence-electron chi connectivity index (χ1n) is 7.94. The van der Waals surface area contributed by atoms with Crippen molar-refractivity contribution < 1.29 is 4.74 Å². The molecular weight excluding hydrogens is 276 g/mol. The third kappa shape index (κ3) is 7.43. The third-order valence-corrected chi connectivity index (χ3v) is 3.43. The molecule has 124 valence electrons. The van der Waals surface area contributed by atoms with Crippen LogP contribution in [0.5, 0.6) is 0 Å². The molecule has 0 bridgehead atoms. The average molecular weight is 306 g/mol. The molecule has 5 nitrogen and oxygen atoms in total. The van der Waals surface area contributed by atoms with Gasteiger partial charge in [0.05, 0.1) is 19.2 Å². The van der Waals surface area contributed by atoms with Gasteiger partial charge in [-0.05, 0) is 26.5 Å². The maximum atomic E-state index is 5.08. The SMILES string of the molecule is CCNC(=NCCN(C)CCOC)NC(C)c1ccccc1. The first kappa shape index (κ1) is 18.5. The normalized spacial score (nSPS) is 13.2. The lowest BCUT2D eigenvalue weighted by atomic mass is 10.1. The van der Waals surface area contributed by atoms with Gasteiger partial charge in [0.25, 0.3) is 0 Å². The number of aliphatic imine (C=N–C) groups is 1. The molecule has 0 aromatic heterocycles. The zero-order chi connectivity index (χ0) is 16.2. The lowest BCUT2D eigenvalue weighted by Gasteiger charge is -2.19. The summed E-state index contributed by atoms with van der Waals surface area (Å²) in [7, 11) is 3.81. The molecule has 0 saturated heterocycles. The number of rotatable bonds is 9. The Hall–Kier alpha value is -1.59. The van der Waals surface area contributed by atoms with E-state index in [9.17, 15) is 0 Å². The highest BCUT2D eigenvalue weighted by Crippen LogP contribution is 2.10. The Morgan fingerprint density at radius 2 is 2.00 bits per heavy atom. The number of benzene rings is 1. The molecule has 22 heavy (non-hydrogen) atoms. The van der Waals surface area contributed by atoms with E-state index < -0.39 is 0 Å². The molecule has 0 saturated carbocycles. The smallest absolute Gasteiger partial charge is 0.191 e. The number of methoxy groups -OCH3 is 1. The van der Waals surface area contributed by atoms with Gasteiger partial charge in [0.2, 0.25) is 0 Å². The first-order chi connectivity index (χ1) is 10.7. The van der Waals surface area contributed by atoms with Gasteiger partial charge < -0.3 is 20.3 Å². The van der Waals surface area contributed by atoms with Crippen molar-refractivity contribution in [3.8, 4) is 0 Å². The minimum absolute atomic E-state index is 0.227. The largest absolute Gasteiger partial charge is 0.383 e. The van der Waals surface area contributed by atoms with Crippen LogP contribution >= 0.6 is 0 Å². The molecule has 0 aliphatic rings. The van der Waals surface area contributed by atoms with E-state index in [4.69, 9.17) is 4.74 Å². The number of likely N-dealkylation sites (N-methyl/N-ethyl adjacent to an activating group) is 1. The van der Waals surface area contributed by atoms with Gasteiger partial charge in [-0.25, -0.2) is 0 Å². The maximum absolute atomic E-state index is 5.08. The van der Waals surface area contributed by atoms with Crippen molar-refractivity contribution in [1.82, 2.24) is 15.5 Å². The zero-order valence-electron chi connectivity index (χ0n) is 14.3. The highest BCUT2D eigenvalue weighted by atomic mass is 16.5. The molecule has 1 unspecified atom stereocenters. The van der Waals surface area contributed by atoms with E-state index >= 15 is 0 Å². The maximum Gasteiger partial charge on any atom is 0.191 e. The standard InChI is InChI=1S/C17H30N4O/c1-5-18-17(19-11-12-21(3)13-14-22-4)20-15(2)16-9-7-6-8-10-16/h6-10,15H,5,11-14H2,1-4H3,(H2,18,19,20). The van der Waals surface area contributed by atoms with Gasteiger partial charge in [-0.3, -0.25) is 4.99 Å². The lowest BCUT2D eigenvalue weighted by Crippen LogP contribution is -2.39. The van der Waals surface area contributed by atoms with E-state index in [1.165, 1.54) is 5.56 Å². The molecule has 0 fully saturated rings. The number of nitrogens with zero attached hydrogens (tertiary/aromatic N) is 2. The van der Waals surface area contributed by atoms with E-state index in [0.717, 1.165) is 38.7 Å². The Bertz CT molecular complexity index is 422. The van der Waals surface area contributed by atoms with Crippen LogP contribution in [0, 0.1) is 0 Å². The minimum atomic E-state index is 0.227. The van der Waals surface area contributed by atoms with Gasteiger partial charge in [-0.1, -0.05) is 30.3 Å². The summed E-state index contributed by atoms with van der Waals surface area (Å²) in [5.74, 6) is 0.860. The average Bonchev–Trinajstić information content (AvgIpc) is 2.53. The number of guanidine groups is 1. The predicted molar refractivity (Wildman–Crippen MR) is 93.3 cm³/mol. The number of hydrogen-bond acceptors (Lipinski definition) is 3. The fourth-order valence-electron chi connectivity index (χ4n) is 2.04. The molecule has 1 atom stereocenters. The summed E-state index contributed by atoms with van der Waals surface area (Å²) in [4.78, 5) is 6.86. The fourth-order valence-corrected chi connectivity index (χ4v) is 2.04. The van der Waals surface area contributed by atoms with Crippen molar-refractivity contribution in [2.75, 3.05) is 46.9 Å². The number of hydrogen-bond donors (Lipinski definition) is 2. The predicted octanol–water partition coefficient (Wildman–Crippen LogP) is 1.88. The second-order valence-electron chi connectivity index (χ2n) is 5.33. The lowest BCUT2D eigenvalue weighted by molar-refractivity contribution is 0.163. The van der Waals surface area contributed by atoms with Crippen LogP contribution in [0.2, 0.25) is 0 Å². The van der Waals surface area contributed by atoms with Crippen LogP contribution in [-0.4, -0.2) is 57.8 Å². The summed E-state index contributed by atoms with van der Waals surface area (Å²) in [5.41, 5.74) is 1.25. The zero-order valence-corrected chi connectivity index (χ0v) is 14.3. The van der Waals surface area contributed by atoms with Crippen LogP contribution in [-0.2, 0) is 4.74 Å². The Kier molecular flexibility index (Phi) is 9.26. The summed E-state index contributed by atoms with van der Waals surface area (Å²) in [6.45, 7) is 8.44. The van der Waals surface area contributed by atoms with Gasteiger partial charge in [-0.2, -0.15) is 0 Å². The van der Waals surface area contributed by atoms with Crippen LogP contribution in [0.4, 0.5) is 0 Å². The van der Waals surface area contributed by atoms with Gasteiger partial charge in [0, 0.05) is 26.7 Å². The Morgan fingerprint density at radius 3 is 2.64 bits per heavy atom. The van der Waals surface area contributed by atoms with E-state index in [1.54, 1.807) is 7.11 Å². The quantitative estimate of drug-likeness (QED) is 0.540. The molecule has 1 aromatic rings. The molecular formula is C17H30N4O. The van der Waals surface area contributed by atoms with Gasteiger partial charge >= 0.3 is 0 Å². The molecule has 0 spiro atoms. The molecule has 1 rings (SSSR count). The second-order valence-corrected chi connectivity index (χ2v) is 5.33. The van der Waals surface area contributed by atoms with Crippen LogP contribution in [0.3, 0.4) is 0 Å². The van der Waals surface area contributed by atoms with Crippen molar-refractivity contribution in [2.45, 2.75) is 19.9 Å². The van der Waals surface area contributed by atoms with Crippen LogP contribution in [0.25, 0.3) is 0 Å². The summed E-state index contributed by atoms with van der Waals surface area (Å²) < 4.78 is 5.08. The second kappa shape index (κ2) is 11.0. The molecule has 5 heteroatoms. The van der Waals surface area contributed by atoms with Gasteiger partial charge in [0.15, 0.2) is 5.96 Å². The van der Waals surface area contributed by atoms with Crippen LogP contribution in [0.15, 0.2) is 35.3 Å².